The lowest BCUT2D eigenvalue weighted by Gasteiger charge is -2.03. The van der Waals surface area contributed by atoms with E-state index in [9.17, 15) is 4.79 Å². The van der Waals surface area contributed by atoms with E-state index in [1.54, 1.807) is 6.20 Å². The van der Waals surface area contributed by atoms with Gasteiger partial charge in [0, 0.05) is 24.6 Å². The van der Waals surface area contributed by atoms with Crippen molar-refractivity contribution >= 4 is 17.4 Å². The third-order valence-electron chi connectivity index (χ3n) is 3.66. The highest BCUT2D eigenvalue weighted by Crippen LogP contribution is 2.33. The van der Waals surface area contributed by atoms with E-state index >= 15 is 0 Å². The Morgan fingerprint density at radius 1 is 1.25 bits per heavy atom. The molecule has 0 atom stereocenters. The first kappa shape index (κ1) is 12.8. The molecule has 2 aromatic heterocycles. The van der Waals surface area contributed by atoms with Gasteiger partial charge in [-0.15, -0.1) is 0 Å². The Bertz CT molecular complexity index is 598. The summed E-state index contributed by atoms with van der Waals surface area (Å²) in [4.78, 5) is 19.3. The number of hydrogen-bond acceptors (Lipinski definition) is 5. The number of nitrogens with zero attached hydrogens (tertiary/aromatic N) is 3. The molecule has 3 rings (SSSR count). The fourth-order valence-electron chi connectivity index (χ4n) is 2.55. The summed E-state index contributed by atoms with van der Waals surface area (Å²) in [6.07, 6.45) is 8.06. The molecule has 2 aromatic rings. The molecule has 20 heavy (non-hydrogen) atoms. The zero-order chi connectivity index (χ0) is 13.9. The van der Waals surface area contributed by atoms with E-state index < -0.39 is 0 Å². The molecular weight excluding hydrogens is 254 g/mol. The molecule has 0 saturated heterocycles. The number of nitrogens with one attached hydrogen (secondary N) is 2. The van der Waals surface area contributed by atoms with Gasteiger partial charge in [0.05, 0.1) is 12.4 Å². The third kappa shape index (κ3) is 2.68. The minimum absolute atomic E-state index is 0.0904. The van der Waals surface area contributed by atoms with E-state index in [0.29, 0.717) is 17.4 Å². The van der Waals surface area contributed by atoms with Crippen LogP contribution >= 0.6 is 0 Å². The summed E-state index contributed by atoms with van der Waals surface area (Å²) < 4.78 is 0. The number of Topliss-reactive ketones (excluding diaryl/α,β-unsaturated/α-hetero) is 1. The molecule has 2 heterocycles. The van der Waals surface area contributed by atoms with Crippen molar-refractivity contribution in [1.82, 2.24) is 20.2 Å². The summed E-state index contributed by atoms with van der Waals surface area (Å²) in [7, 11) is 0. The van der Waals surface area contributed by atoms with Crippen molar-refractivity contribution < 1.29 is 4.79 Å². The minimum Gasteiger partial charge on any atom is -0.322 e. The third-order valence-corrected chi connectivity index (χ3v) is 3.66. The van der Waals surface area contributed by atoms with E-state index in [2.05, 4.69) is 25.5 Å². The zero-order valence-corrected chi connectivity index (χ0v) is 11.4. The Kier molecular flexibility index (Phi) is 3.45. The molecule has 0 aliphatic heterocycles. The summed E-state index contributed by atoms with van der Waals surface area (Å²) in [5, 5.41) is 10.4. The second-order valence-corrected chi connectivity index (χ2v) is 5.16. The van der Waals surface area contributed by atoms with Crippen molar-refractivity contribution in [2.45, 2.75) is 38.5 Å². The van der Waals surface area contributed by atoms with Crippen molar-refractivity contribution in [2.75, 3.05) is 5.32 Å². The standard InChI is InChI=1S/C14H17N5O/c1-9(20)12-7-16-14(8-15-12)17-13-6-11(18-19-13)10-4-2-3-5-10/h6-8,10H,2-5H2,1H3,(H2,16,17,18,19). The molecule has 1 aliphatic carbocycles. The van der Waals surface area contributed by atoms with Gasteiger partial charge in [-0.2, -0.15) is 5.10 Å². The molecular formula is C14H17N5O. The molecule has 0 unspecified atom stereocenters. The summed E-state index contributed by atoms with van der Waals surface area (Å²) in [6.45, 7) is 1.47. The van der Waals surface area contributed by atoms with Gasteiger partial charge >= 0.3 is 0 Å². The van der Waals surface area contributed by atoms with Crippen LogP contribution in [0.2, 0.25) is 0 Å². The van der Waals surface area contributed by atoms with Crippen LogP contribution in [0.25, 0.3) is 0 Å². The van der Waals surface area contributed by atoms with E-state index in [1.807, 2.05) is 6.07 Å². The van der Waals surface area contributed by atoms with Gasteiger partial charge in [-0.05, 0) is 12.8 Å². The van der Waals surface area contributed by atoms with Gasteiger partial charge in [0.25, 0.3) is 0 Å². The van der Waals surface area contributed by atoms with Crippen LogP contribution in [-0.4, -0.2) is 25.9 Å². The monoisotopic (exact) mass is 271 g/mol. The second-order valence-electron chi connectivity index (χ2n) is 5.16. The number of hydrogen-bond donors (Lipinski definition) is 2. The highest BCUT2D eigenvalue weighted by atomic mass is 16.1. The maximum atomic E-state index is 11.1. The molecule has 0 aromatic carbocycles. The molecule has 1 saturated carbocycles. The van der Waals surface area contributed by atoms with Gasteiger partial charge in [-0.25, -0.2) is 9.97 Å². The Morgan fingerprint density at radius 3 is 2.70 bits per heavy atom. The number of H-pyrrole nitrogens is 1. The Hall–Kier alpha value is -2.24. The first-order valence-electron chi connectivity index (χ1n) is 6.87. The predicted octanol–water partition coefficient (Wildman–Crippen LogP) is 2.80. The van der Waals surface area contributed by atoms with Gasteiger partial charge in [0.2, 0.25) is 0 Å². The quantitative estimate of drug-likeness (QED) is 0.835. The molecule has 1 fully saturated rings. The number of aromatic nitrogens is 4. The lowest BCUT2D eigenvalue weighted by molar-refractivity contribution is 0.101. The number of rotatable bonds is 4. The maximum absolute atomic E-state index is 11.1. The van der Waals surface area contributed by atoms with Crippen molar-refractivity contribution in [3.05, 3.63) is 29.8 Å². The maximum Gasteiger partial charge on any atom is 0.179 e. The number of aromatic amines is 1. The van der Waals surface area contributed by atoms with E-state index in [0.717, 1.165) is 5.82 Å². The molecule has 6 nitrogen and oxygen atoms in total. The highest BCUT2D eigenvalue weighted by molar-refractivity contribution is 5.91. The van der Waals surface area contributed by atoms with Crippen LogP contribution in [0, 0.1) is 0 Å². The second kappa shape index (κ2) is 5.40. The van der Waals surface area contributed by atoms with Gasteiger partial charge < -0.3 is 5.32 Å². The normalized spacial score (nSPS) is 15.4. The predicted molar refractivity (Wildman–Crippen MR) is 75.1 cm³/mol. The average molecular weight is 271 g/mol. The SMILES string of the molecule is CC(=O)c1cnc(Nc2cc(C3CCCC3)[nH]n2)cn1. The van der Waals surface area contributed by atoms with Crippen molar-refractivity contribution in [3.8, 4) is 0 Å². The number of carbonyl (C=O) groups excluding carboxylic acids is 1. The van der Waals surface area contributed by atoms with Gasteiger partial charge in [0.1, 0.15) is 11.5 Å². The Morgan fingerprint density at radius 2 is 2.05 bits per heavy atom. The molecule has 1 aliphatic rings. The molecule has 2 N–H and O–H groups in total. The van der Waals surface area contributed by atoms with E-state index in [-0.39, 0.29) is 5.78 Å². The zero-order valence-electron chi connectivity index (χ0n) is 11.4. The Labute approximate surface area is 117 Å². The van der Waals surface area contributed by atoms with Crippen LogP contribution in [0.15, 0.2) is 18.5 Å². The van der Waals surface area contributed by atoms with E-state index in [4.69, 9.17) is 0 Å². The summed E-state index contributed by atoms with van der Waals surface area (Å²) in [6, 6.07) is 2.02. The summed E-state index contributed by atoms with van der Waals surface area (Å²) in [5.41, 5.74) is 1.54. The average Bonchev–Trinajstić information content (AvgIpc) is 3.09. The number of anilines is 2. The first-order valence-corrected chi connectivity index (χ1v) is 6.87. The van der Waals surface area contributed by atoms with Crippen LogP contribution in [0.5, 0.6) is 0 Å². The molecule has 0 bridgehead atoms. The highest BCUT2D eigenvalue weighted by Gasteiger charge is 2.19. The van der Waals surface area contributed by atoms with Crippen LogP contribution < -0.4 is 5.32 Å². The van der Waals surface area contributed by atoms with Crippen molar-refractivity contribution in [2.24, 2.45) is 0 Å². The molecule has 0 amide bonds. The fourth-order valence-corrected chi connectivity index (χ4v) is 2.55. The van der Waals surface area contributed by atoms with Crippen LogP contribution in [0.3, 0.4) is 0 Å². The fraction of sp³-hybridized carbons (Fsp3) is 0.429. The van der Waals surface area contributed by atoms with Gasteiger partial charge in [-0.3, -0.25) is 9.89 Å². The lowest BCUT2D eigenvalue weighted by Crippen LogP contribution is -2.00. The van der Waals surface area contributed by atoms with Gasteiger partial charge in [-0.1, -0.05) is 12.8 Å². The van der Waals surface area contributed by atoms with Crippen LogP contribution in [-0.2, 0) is 0 Å². The molecule has 0 radical (unpaired) electrons. The molecule has 0 spiro atoms. The van der Waals surface area contributed by atoms with E-state index in [1.165, 1.54) is 44.5 Å². The summed E-state index contributed by atoms with van der Waals surface area (Å²) >= 11 is 0. The first-order chi connectivity index (χ1) is 9.72. The molecule has 6 heteroatoms. The largest absolute Gasteiger partial charge is 0.322 e. The number of carbonyl (C=O) groups is 1. The smallest absolute Gasteiger partial charge is 0.179 e. The summed E-state index contributed by atoms with van der Waals surface area (Å²) in [5.74, 6) is 1.83. The van der Waals surface area contributed by atoms with Crippen LogP contribution in [0.4, 0.5) is 11.6 Å². The Balaban J connectivity index is 1.69. The number of ketones is 1. The van der Waals surface area contributed by atoms with Crippen molar-refractivity contribution in [3.63, 3.8) is 0 Å². The van der Waals surface area contributed by atoms with Gasteiger partial charge in [0.15, 0.2) is 11.6 Å². The molecule has 104 valence electrons. The topological polar surface area (TPSA) is 83.6 Å². The van der Waals surface area contributed by atoms with Crippen LogP contribution in [0.1, 0.15) is 54.7 Å². The minimum atomic E-state index is -0.0904. The lowest BCUT2D eigenvalue weighted by atomic mass is 10.0. The van der Waals surface area contributed by atoms with Crippen molar-refractivity contribution in [1.29, 1.82) is 0 Å².